The van der Waals surface area contributed by atoms with Gasteiger partial charge in [-0.3, -0.25) is 0 Å². The fraction of sp³-hybridized carbons (Fsp3) is 0.250. The maximum Gasteiger partial charge on any atom is 0.144 e. The van der Waals surface area contributed by atoms with Crippen LogP contribution in [0.1, 0.15) is 38.8 Å². The molecule has 0 saturated heterocycles. The van der Waals surface area contributed by atoms with Gasteiger partial charge >= 0.3 is 0 Å². The Morgan fingerprint density at radius 2 is 1.88 bits per heavy atom. The third kappa shape index (κ3) is 3.86. The van der Waals surface area contributed by atoms with Crippen LogP contribution in [0, 0.1) is 11.8 Å². The summed E-state index contributed by atoms with van der Waals surface area (Å²) in [7, 11) is 0. The maximum absolute atomic E-state index is 12.1. The van der Waals surface area contributed by atoms with E-state index in [1.165, 1.54) is 4.70 Å². The van der Waals surface area contributed by atoms with Crippen LogP contribution in [0.3, 0.4) is 0 Å². The van der Waals surface area contributed by atoms with Crippen LogP contribution >= 0.6 is 22.9 Å². The molecule has 0 aliphatic heterocycles. The van der Waals surface area contributed by atoms with Crippen LogP contribution in [-0.4, -0.2) is 15.5 Å². The number of halogens is 1. The Labute approximate surface area is 160 Å². The molecule has 128 valence electrons. The summed E-state index contributed by atoms with van der Waals surface area (Å²) in [5.74, 6) is 6.03. The average Bonchev–Trinajstić information content (AvgIpc) is 2.88. The van der Waals surface area contributed by atoms with Crippen molar-refractivity contribution in [3.05, 3.63) is 46.5 Å². The predicted octanol–water partition coefficient (Wildman–Crippen LogP) is 5.96. The van der Waals surface area contributed by atoms with Crippen LogP contribution in [0.5, 0.6) is 0 Å². The predicted molar refractivity (Wildman–Crippen MR) is 112 cm³/mol. The first-order valence-corrected chi connectivity index (χ1v) is 10.1. The van der Waals surface area contributed by atoms with Gasteiger partial charge in [0.15, 0.2) is 0 Å². The van der Waals surface area contributed by atoms with E-state index in [2.05, 4.69) is 28.4 Å². The number of nitrogens with zero attached hydrogens (tertiary/aromatic N) is 1. The lowest BCUT2D eigenvalue weighted by molar-refractivity contribution is 0.562. The van der Waals surface area contributed by atoms with Crippen molar-refractivity contribution in [2.24, 2.45) is 4.40 Å². The maximum atomic E-state index is 12.1. The second-order valence-electron chi connectivity index (χ2n) is 6.65. The van der Waals surface area contributed by atoms with Gasteiger partial charge in [-0.25, -0.2) is 0 Å². The SMILES string of the molecule is CC#Cc1ccc2sc3cc(Cl)c(C=N[S+]([O-])C(C)(C)C)cc3c2c1. The lowest BCUT2D eigenvalue weighted by atomic mass is 10.1. The summed E-state index contributed by atoms with van der Waals surface area (Å²) in [5.41, 5.74) is 1.77. The van der Waals surface area contributed by atoms with Crippen molar-refractivity contribution in [3.63, 3.8) is 0 Å². The van der Waals surface area contributed by atoms with E-state index >= 15 is 0 Å². The van der Waals surface area contributed by atoms with Gasteiger partial charge in [-0.05, 0) is 58.0 Å². The van der Waals surface area contributed by atoms with Crippen molar-refractivity contribution < 1.29 is 4.55 Å². The molecule has 1 aromatic heterocycles. The quantitative estimate of drug-likeness (QED) is 0.303. The molecule has 0 aliphatic rings. The number of thiophene rings is 1. The third-order valence-corrected chi connectivity index (χ3v) is 6.47. The first kappa shape index (κ1) is 18.3. The second kappa shape index (κ2) is 7.01. The Kier molecular flexibility index (Phi) is 5.13. The normalized spacial score (nSPS) is 13.4. The molecule has 25 heavy (non-hydrogen) atoms. The summed E-state index contributed by atoms with van der Waals surface area (Å²) in [4.78, 5) is 0. The molecule has 1 unspecified atom stereocenters. The van der Waals surface area contributed by atoms with Gasteiger partial charge in [0, 0.05) is 31.3 Å². The molecule has 0 N–H and O–H groups in total. The van der Waals surface area contributed by atoms with E-state index in [-0.39, 0.29) is 0 Å². The molecular formula is C20H18ClNOS2. The molecule has 5 heteroatoms. The number of hydrogen-bond acceptors (Lipinski definition) is 3. The molecule has 0 amide bonds. The molecule has 3 aromatic rings. The molecule has 0 bridgehead atoms. The van der Waals surface area contributed by atoms with Crippen molar-refractivity contribution in [1.29, 1.82) is 0 Å². The van der Waals surface area contributed by atoms with E-state index in [0.717, 1.165) is 26.6 Å². The van der Waals surface area contributed by atoms with Crippen LogP contribution in [-0.2, 0) is 11.4 Å². The largest absolute Gasteiger partial charge is 0.591 e. The lowest BCUT2D eigenvalue weighted by Crippen LogP contribution is -2.25. The number of hydrogen-bond donors (Lipinski definition) is 0. The Bertz CT molecular complexity index is 1030. The van der Waals surface area contributed by atoms with Gasteiger partial charge in [-0.15, -0.1) is 17.3 Å². The van der Waals surface area contributed by atoms with Crippen LogP contribution < -0.4 is 0 Å². The summed E-state index contributed by atoms with van der Waals surface area (Å²) in [6.45, 7) is 7.52. The van der Waals surface area contributed by atoms with Crippen LogP contribution in [0.25, 0.3) is 20.2 Å². The van der Waals surface area contributed by atoms with E-state index in [0.29, 0.717) is 5.02 Å². The highest BCUT2D eigenvalue weighted by Gasteiger charge is 2.26. The molecular weight excluding hydrogens is 370 g/mol. The summed E-state index contributed by atoms with van der Waals surface area (Å²) in [6.07, 6.45) is 1.61. The molecule has 0 fully saturated rings. The summed E-state index contributed by atoms with van der Waals surface area (Å²) in [5, 5.41) is 2.89. The van der Waals surface area contributed by atoms with E-state index in [4.69, 9.17) is 11.6 Å². The van der Waals surface area contributed by atoms with Crippen LogP contribution in [0.2, 0.25) is 5.02 Å². The number of benzene rings is 2. The molecule has 3 rings (SSSR count). The Morgan fingerprint density at radius 3 is 2.56 bits per heavy atom. The summed E-state index contributed by atoms with van der Waals surface area (Å²) < 4.78 is 18.3. The van der Waals surface area contributed by atoms with Crippen molar-refractivity contribution >= 4 is 60.7 Å². The van der Waals surface area contributed by atoms with Gasteiger partial charge in [-0.2, -0.15) is 0 Å². The third-order valence-electron chi connectivity index (χ3n) is 3.67. The van der Waals surface area contributed by atoms with Gasteiger partial charge in [0.25, 0.3) is 0 Å². The monoisotopic (exact) mass is 387 g/mol. The lowest BCUT2D eigenvalue weighted by Gasteiger charge is -2.17. The van der Waals surface area contributed by atoms with E-state index in [1.54, 1.807) is 17.6 Å². The van der Waals surface area contributed by atoms with E-state index in [1.807, 2.05) is 45.9 Å². The Balaban J connectivity index is 2.12. The molecule has 0 spiro atoms. The van der Waals surface area contributed by atoms with E-state index in [9.17, 15) is 4.55 Å². The highest BCUT2D eigenvalue weighted by atomic mass is 35.5. The van der Waals surface area contributed by atoms with Crippen LogP contribution in [0.4, 0.5) is 0 Å². The topological polar surface area (TPSA) is 35.4 Å². The van der Waals surface area contributed by atoms with E-state index < -0.39 is 16.1 Å². The Morgan fingerprint density at radius 1 is 1.16 bits per heavy atom. The zero-order chi connectivity index (χ0) is 18.2. The molecule has 2 aromatic carbocycles. The highest BCUT2D eigenvalue weighted by molar-refractivity contribution is 7.91. The molecule has 0 radical (unpaired) electrons. The zero-order valence-corrected chi connectivity index (χ0v) is 16.9. The molecule has 1 atom stereocenters. The van der Waals surface area contributed by atoms with Gasteiger partial charge in [0.05, 0.1) is 11.2 Å². The fourth-order valence-electron chi connectivity index (χ4n) is 2.40. The zero-order valence-electron chi connectivity index (χ0n) is 14.5. The van der Waals surface area contributed by atoms with Gasteiger partial charge in [0.1, 0.15) is 16.1 Å². The van der Waals surface area contributed by atoms with Gasteiger partial charge < -0.3 is 4.55 Å². The highest BCUT2D eigenvalue weighted by Crippen LogP contribution is 2.37. The van der Waals surface area contributed by atoms with Gasteiger partial charge in [-0.1, -0.05) is 21.9 Å². The minimum Gasteiger partial charge on any atom is -0.591 e. The summed E-state index contributed by atoms with van der Waals surface area (Å²) in [6, 6.07) is 10.2. The fourth-order valence-corrected chi connectivity index (χ4v) is 4.31. The number of rotatable bonds is 2. The van der Waals surface area contributed by atoms with Crippen molar-refractivity contribution in [2.45, 2.75) is 32.4 Å². The molecule has 2 nitrogen and oxygen atoms in total. The standard InChI is InChI=1S/C20H18ClNOS2/c1-5-6-13-7-8-18-15(9-13)16-10-14(17(21)11-19(16)24-18)12-22-25(23)20(2,3)4/h7-12H,1-4H3. The van der Waals surface area contributed by atoms with Crippen LogP contribution in [0.15, 0.2) is 34.7 Å². The average molecular weight is 388 g/mol. The smallest absolute Gasteiger partial charge is 0.144 e. The van der Waals surface area contributed by atoms with Crippen molar-refractivity contribution in [1.82, 2.24) is 0 Å². The summed E-state index contributed by atoms with van der Waals surface area (Å²) >= 11 is 6.80. The molecule has 0 aliphatic carbocycles. The second-order valence-corrected chi connectivity index (χ2v) is 10.1. The van der Waals surface area contributed by atoms with Crippen molar-refractivity contribution in [2.75, 3.05) is 0 Å². The number of fused-ring (bicyclic) bond motifs is 3. The first-order valence-electron chi connectivity index (χ1n) is 7.84. The van der Waals surface area contributed by atoms with Crippen molar-refractivity contribution in [3.8, 4) is 11.8 Å². The minimum atomic E-state index is -1.31. The minimum absolute atomic E-state index is 0.393. The Hall–Kier alpha value is -1.51. The molecule has 1 heterocycles. The van der Waals surface area contributed by atoms with Gasteiger partial charge in [0.2, 0.25) is 0 Å². The molecule has 0 saturated carbocycles. The first-order chi connectivity index (χ1) is 11.8.